The lowest BCUT2D eigenvalue weighted by Crippen LogP contribution is -2.30. The van der Waals surface area contributed by atoms with Crippen LogP contribution in [0.5, 0.6) is 0 Å². The van der Waals surface area contributed by atoms with Crippen molar-refractivity contribution >= 4 is 11.6 Å². The van der Waals surface area contributed by atoms with E-state index in [0.29, 0.717) is 6.04 Å². The summed E-state index contributed by atoms with van der Waals surface area (Å²) < 4.78 is 11.1. The summed E-state index contributed by atoms with van der Waals surface area (Å²) in [5.74, 6) is 2.84. The van der Waals surface area contributed by atoms with E-state index in [1.165, 1.54) is 0 Å². The fraction of sp³-hybridized carbons (Fsp3) is 0.529. The fourth-order valence-corrected chi connectivity index (χ4v) is 3.46. The van der Waals surface area contributed by atoms with Crippen LogP contribution in [0.15, 0.2) is 35.2 Å². The Hall–Kier alpha value is -2.08. The molecule has 0 aromatic carbocycles. The molecule has 4 rings (SSSR count). The third kappa shape index (κ3) is 3.17. The normalized spacial score (nSPS) is 24.8. The van der Waals surface area contributed by atoms with E-state index in [2.05, 4.69) is 20.2 Å². The first-order chi connectivity index (χ1) is 11.4. The van der Waals surface area contributed by atoms with Crippen molar-refractivity contribution in [2.75, 3.05) is 30.0 Å². The smallest absolute Gasteiger partial charge is 0.134 e. The van der Waals surface area contributed by atoms with Crippen LogP contribution in [-0.2, 0) is 4.74 Å². The van der Waals surface area contributed by atoms with Gasteiger partial charge in [0.1, 0.15) is 23.7 Å². The zero-order valence-corrected chi connectivity index (χ0v) is 13.1. The van der Waals surface area contributed by atoms with Gasteiger partial charge in [0.25, 0.3) is 0 Å². The average Bonchev–Trinajstić information content (AvgIpc) is 3.27. The van der Waals surface area contributed by atoms with Gasteiger partial charge >= 0.3 is 0 Å². The summed E-state index contributed by atoms with van der Waals surface area (Å²) in [5.41, 5.74) is 0. The van der Waals surface area contributed by atoms with Gasteiger partial charge in [0.15, 0.2) is 0 Å². The molecule has 0 saturated carbocycles. The molecule has 4 heterocycles. The number of rotatable bonds is 4. The Bertz CT molecular complexity index is 625. The lowest BCUT2D eigenvalue weighted by atomic mass is 10.1. The van der Waals surface area contributed by atoms with Crippen molar-refractivity contribution in [3.05, 3.63) is 36.5 Å². The molecule has 2 aromatic rings. The molecule has 2 aliphatic heterocycles. The first-order valence-electron chi connectivity index (χ1n) is 8.36. The van der Waals surface area contributed by atoms with Crippen LogP contribution in [-0.4, -0.2) is 35.8 Å². The second-order valence-electron chi connectivity index (χ2n) is 6.19. The number of nitrogens with one attached hydrogen (secondary N) is 1. The van der Waals surface area contributed by atoms with E-state index in [0.717, 1.165) is 62.8 Å². The van der Waals surface area contributed by atoms with E-state index in [9.17, 15) is 0 Å². The largest absolute Gasteiger partial charge is 0.467 e. The molecule has 122 valence electrons. The number of aromatic nitrogens is 2. The van der Waals surface area contributed by atoms with Crippen LogP contribution in [0.25, 0.3) is 0 Å². The maximum atomic E-state index is 5.60. The number of hydrogen-bond donors (Lipinski definition) is 1. The Morgan fingerprint density at radius 2 is 2.22 bits per heavy atom. The second kappa shape index (κ2) is 6.58. The minimum atomic E-state index is 0.269. The van der Waals surface area contributed by atoms with Gasteiger partial charge in [-0.25, -0.2) is 9.97 Å². The van der Waals surface area contributed by atoms with Crippen LogP contribution in [0.4, 0.5) is 11.6 Å². The monoisotopic (exact) mass is 314 g/mol. The van der Waals surface area contributed by atoms with Gasteiger partial charge in [-0.1, -0.05) is 0 Å². The third-order valence-electron chi connectivity index (χ3n) is 4.58. The Labute approximate surface area is 135 Å². The topological polar surface area (TPSA) is 63.4 Å². The molecule has 6 nitrogen and oxygen atoms in total. The minimum Gasteiger partial charge on any atom is -0.467 e. The molecule has 2 fully saturated rings. The number of ether oxygens (including phenoxy) is 1. The lowest BCUT2D eigenvalue weighted by molar-refractivity contribution is 0.0875. The van der Waals surface area contributed by atoms with Gasteiger partial charge in [-0.3, -0.25) is 0 Å². The molecule has 0 amide bonds. The molecule has 0 radical (unpaired) electrons. The molecule has 0 bridgehead atoms. The molecule has 23 heavy (non-hydrogen) atoms. The average molecular weight is 314 g/mol. The summed E-state index contributed by atoms with van der Waals surface area (Å²) in [5, 5.41) is 3.47. The van der Waals surface area contributed by atoms with E-state index in [1.54, 1.807) is 12.6 Å². The number of anilines is 2. The van der Waals surface area contributed by atoms with E-state index in [1.807, 2.05) is 18.2 Å². The Balaban J connectivity index is 1.51. The molecule has 1 N–H and O–H groups in total. The molecular weight excluding hydrogens is 292 g/mol. The predicted molar refractivity (Wildman–Crippen MR) is 87.5 cm³/mol. The van der Waals surface area contributed by atoms with Crippen LogP contribution < -0.4 is 10.2 Å². The van der Waals surface area contributed by atoms with Crippen molar-refractivity contribution in [1.82, 2.24) is 9.97 Å². The highest BCUT2D eigenvalue weighted by molar-refractivity contribution is 5.51. The van der Waals surface area contributed by atoms with E-state index in [-0.39, 0.29) is 6.04 Å². The zero-order chi connectivity index (χ0) is 15.5. The third-order valence-corrected chi connectivity index (χ3v) is 4.58. The highest BCUT2D eigenvalue weighted by Crippen LogP contribution is 2.35. The van der Waals surface area contributed by atoms with E-state index in [4.69, 9.17) is 9.15 Å². The highest BCUT2D eigenvalue weighted by atomic mass is 16.5. The van der Waals surface area contributed by atoms with E-state index < -0.39 is 0 Å². The zero-order valence-electron chi connectivity index (χ0n) is 13.1. The predicted octanol–water partition coefficient (Wildman–Crippen LogP) is 3.00. The molecule has 6 heteroatoms. The van der Waals surface area contributed by atoms with Crippen LogP contribution in [0.3, 0.4) is 0 Å². The van der Waals surface area contributed by atoms with Crippen LogP contribution in [0, 0.1) is 0 Å². The number of furan rings is 1. The first-order valence-corrected chi connectivity index (χ1v) is 8.36. The molecule has 2 atom stereocenters. The Kier molecular flexibility index (Phi) is 4.15. The van der Waals surface area contributed by atoms with Gasteiger partial charge in [-0.2, -0.15) is 0 Å². The summed E-state index contributed by atoms with van der Waals surface area (Å²) in [6.45, 7) is 2.61. The Morgan fingerprint density at radius 3 is 3.04 bits per heavy atom. The molecule has 2 aromatic heterocycles. The van der Waals surface area contributed by atoms with Crippen molar-refractivity contribution in [2.24, 2.45) is 0 Å². The maximum absolute atomic E-state index is 5.60. The summed E-state index contributed by atoms with van der Waals surface area (Å²) in [7, 11) is 0. The first kappa shape index (κ1) is 14.5. The molecule has 2 aliphatic rings. The molecule has 0 spiro atoms. The van der Waals surface area contributed by atoms with Crippen molar-refractivity contribution < 1.29 is 9.15 Å². The summed E-state index contributed by atoms with van der Waals surface area (Å²) in [6.07, 6.45) is 7.84. The van der Waals surface area contributed by atoms with Gasteiger partial charge in [0, 0.05) is 19.2 Å². The van der Waals surface area contributed by atoms with Crippen molar-refractivity contribution in [1.29, 1.82) is 0 Å². The fourth-order valence-electron chi connectivity index (χ4n) is 3.46. The van der Waals surface area contributed by atoms with Crippen LogP contribution in [0.2, 0.25) is 0 Å². The Morgan fingerprint density at radius 1 is 1.22 bits per heavy atom. The van der Waals surface area contributed by atoms with Crippen molar-refractivity contribution in [3.63, 3.8) is 0 Å². The summed E-state index contributed by atoms with van der Waals surface area (Å²) in [6, 6.07) is 6.64. The molecule has 0 unspecified atom stereocenters. The van der Waals surface area contributed by atoms with Crippen molar-refractivity contribution in [2.45, 2.75) is 37.8 Å². The van der Waals surface area contributed by atoms with Gasteiger partial charge in [0.2, 0.25) is 0 Å². The van der Waals surface area contributed by atoms with Crippen LogP contribution >= 0.6 is 0 Å². The van der Waals surface area contributed by atoms with Crippen molar-refractivity contribution in [3.8, 4) is 0 Å². The quantitative estimate of drug-likeness (QED) is 0.936. The van der Waals surface area contributed by atoms with Gasteiger partial charge in [0.05, 0.1) is 25.0 Å². The highest BCUT2D eigenvalue weighted by Gasteiger charge is 2.29. The van der Waals surface area contributed by atoms with Gasteiger partial charge in [-0.15, -0.1) is 0 Å². The SMILES string of the molecule is c1coc([C@@H]2CCCN2c2cc(N[C@H]3CCCOC3)ncn2)c1. The molecule has 2 saturated heterocycles. The van der Waals surface area contributed by atoms with E-state index >= 15 is 0 Å². The number of hydrogen-bond acceptors (Lipinski definition) is 6. The van der Waals surface area contributed by atoms with Gasteiger partial charge in [-0.05, 0) is 37.8 Å². The maximum Gasteiger partial charge on any atom is 0.134 e. The van der Waals surface area contributed by atoms with Gasteiger partial charge < -0.3 is 19.4 Å². The molecule has 0 aliphatic carbocycles. The number of nitrogens with zero attached hydrogens (tertiary/aromatic N) is 3. The standard InChI is InChI=1S/C17H22N4O2/c1-5-14(15-6-3-9-23-15)21(7-1)17-10-16(18-12-19-17)20-13-4-2-8-22-11-13/h3,6,9-10,12-14H,1-2,4-5,7-8,11H2,(H,18,19,20)/t13-,14-/m0/s1. The summed E-state index contributed by atoms with van der Waals surface area (Å²) >= 11 is 0. The second-order valence-corrected chi connectivity index (χ2v) is 6.19. The lowest BCUT2D eigenvalue weighted by Gasteiger charge is -2.26. The summed E-state index contributed by atoms with van der Waals surface area (Å²) in [4.78, 5) is 11.1. The van der Waals surface area contributed by atoms with Crippen LogP contribution in [0.1, 0.15) is 37.5 Å². The molecular formula is C17H22N4O2. The minimum absolute atomic E-state index is 0.269.